The number of aryl methyl sites for hydroxylation is 2. The first-order valence-corrected chi connectivity index (χ1v) is 14.9. The molecule has 2 N–H and O–H groups in total. The van der Waals surface area contributed by atoms with Crippen LogP contribution in [0.5, 0.6) is 0 Å². The van der Waals surface area contributed by atoms with E-state index in [1.54, 1.807) is 12.1 Å². The van der Waals surface area contributed by atoms with Crippen molar-refractivity contribution in [2.45, 2.75) is 96.9 Å². The van der Waals surface area contributed by atoms with Gasteiger partial charge in [0.2, 0.25) is 10.0 Å². The molecule has 2 heterocycles. The first-order valence-electron chi connectivity index (χ1n) is 13.3. The highest BCUT2D eigenvalue weighted by Gasteiger charge is 2.47. The van der Waals surface area contributed by atoms with Gasteiger partial charge >= 0.3 is 5.97 Å². The third kappa shape index (κ3) is 6.94. The van der Waals surface area contributed by atoms with Crippen LogP contribution in [0.25, 0.3) is 0 Å². The molecule has 0 atom stereocenters. The number of piperidine rings is 1. The molecular weight excluding hydrogens is 478 g/mol. The van der Waals surface area contributed by atoms with Crippen LogP contribution in [0.4, 0.5) is 0 Å². The Hall–Kier alpha value is -2.26. The van der Waals surface area contributed by atoms with Crippen molar-refractivity contribution in [3.05, 3.63) is 34.4 Å². The smallest absolute Gasteiger partial charge is 0.335 e. The minimum atomic E-state index is -3.51. The molecule has 0 aromatic heterocycles. The molecule has 2 aliphatic rings. The Morgan fingerprint density at radius 1 is 1.03 bits per heavy atom. The van der Waals surface area contributed by atoms with Gasteiger partial charge in [-0.15, -0.1) is 0 Å². The van der Waals surface area contributed by atoms with Gasteiger partial charge in [0.05, 0.1) is 11.3 Å². The number of hydrogen-bond acceptors (Lipinski definition) is 5. The largest absolute Gasteiger partial charge is 0.478 e. The Labute approximate surface area is 215 Å². The summed E-state index contributed by atoms with van der Waals surface area (Å²) in [6, 6.07) is 3.17. The van der Waals surface area contributed by atoms with Gasteiger partial charge in [0.1, 0.15) is 11.4 Å². The van der Waals surface area contributed by atoms with Gasteiger partial charge in [-0.25, -0.2) is 17.5 Å². The predicted octanol–water partition coefficient (Wildman–Crippen LogP) is 4.38. The molecule has 2 aliphatic heterocycles. The van der Waals surface area contributed by atoms with Crippen molar-refractivity contribution < 1.29 is 23.1 Å². The van der Waals surface area contributed by atoms with Crippen LogP contribution in [0.3, 0.4) is 0 Å². The van der Waals surface area contributed by atoms with E-state index in [9.17, 15) is 23.1 Å². The number of rotatable bonds is 13. The minimum absolute atomic E-state index is 0.0485. The van der Waals surface area contributed by atoms with E-state index in [2.05, 4.69) is 12.2 Å². The summed E-state index contributed by atoms with van der Waals surface area (Å²) in [5.41, 5.74) is 1.81. The van der Waals surface area contributed by atoms with Gasteiger partial charge in [0.15, 0.2) is 0 Å². The quantitative estimate of drug-likeness (QED) is 0.375. The van der Waals surface area contributed by atoms with Crippen LogP contribution in [-0.4, -0.2) is 59.9 Å². The molecule has 1 spiro atoms. The fraction of sp³-hybridized carbons (Fsp3) is 0.667. The second kappa shape index (κ2) is 12.3. The first kappa shape index (κ1) is 28.3. The standard InChI is InChI=1S/C27H41N3O5S/c1-4-5-6-7-8-9-10-11-24-28-26(33)27(29-24)13-15-30(16-14-27)36(34,35)17-12-23-20(2)18-22(25(31)32)19-21(23)3/h18-19H,4-17H2,1-3H3,(H,31,32)(H,28,29,33). The van der Waals surface area contributed by atoms with Crippen LogP contribution in [0, 0.1) is 13.8 Å². The number of hydrogen-bond donors (Lipinski definition) is 2. The summed E-state index contributed by atoms with van der Waals surface area (Å²) in [5, 5.41) is 12.2. The van der Waals surface area contributed by atoms with Crippen LogP contribution in [0.2, 0.25) is 0 Å². The summed E-state index contributed by atoms with van der Waals surface area (Å²) < 4.78 is 27.6. The maximum absolute atomic E-state index is 13.1. The van der Waals surface area contributed by atoms with E-state index in [0.717, 1.165) is 41.8 Å². The molecule has 8 nitrogen and oxygen atoms in total. The molecule has 0 aliphatic carbocycles. The summed E-state index contributed by atoms with van der Waals surface area (Å²) in [6.45, 7) is 6.39. The average Bonchev–Trinajstić information content (AvgIpc) is 3.12. The average molecular weight is 520 g/mol. The van der Waals surface area contributed by atoms with Crippen LogP contribution in [0.1, 0.15) is 98.2 Å². The highest BCUT2D eigenvalue weighted by Crippen LogP contribution is 2.32. The van der Waals surface area contributed by atoms with Gasteiger partial charge < -0.3 is 10.4 Å². The zero-order valence-electron chi connectivity index (χ0n) is 21.9. The number of nitrogens with one attached hydrogen (secondary N) is 1. The maximum Gasteiger partial charge on any atom is 0.335 e. The van der Waals surface area contributed by atoms with Gasteiger partial charge in [0, 0.05) is 19.5 Å². The summed E-state index contributed by atoms with van der Waals surface area (Å²) >= 11 is 0. The van der Waals surface area contributed by atoms with Crippen LogP contribution in [0.15, 0.2) is 17.1 Å². The van der Waals surface area contributed by atoms with Crippen LogP contribution >= 0.6 is 0 Å². The molecule has 9 heteroatoms. The lowest BCUT2D eigenvalue weighted by molar-refractivity contribution is -0.124. The lowest BCUT2D eigenvalue weighted by atomic mass is 9.89. The van der Waals surface area contributed by atoms with E-state index in [4.69, 9.17) is 4.99 Å². The first-order chi connectivity index (χ1) is 17.1. The minimum Gasteiger partial charge on any atom is -0.478 e. The molecule has 0 saturated carbocycles. The molecule has 1 aromatic rings. The predicted molar refractivity (Wildman–Crippen MR) is 142 cm³/mol. The van der Waals surface area contributed by atoms with Crippen molar-refractivity contribution in [1.82, 2.24) is 9.62 Å². The van der Waals surface area contributed by atoms with Gasteiger partial charge in [-0.05, 0) is 68.4 Å². The molecule has 1 amide bonds. The number of benzene rings is 1. The van der Waals surface area contributed by atoms with E-state index in [1.165, 1.54) is 36.4 Å². The summed E-state index contributed by atoms with van der Waals surface area (Å²) in [5.74, 6) is -0.387. The number of amides is 1. The third-order valence-electron chi connectivity index (χ3n) is 7.54. The Kier molecular flexibility index (Phi) is 9.69. The van der Waals surface area contributed by atoms with E-state index >= 15 is 0 Å². The Bertz CT molecular complexity index is 1070. The Morgan fingerprint density at radius 2 is 1.61 bits per heavy atom. The third-order valence-corrected chi connectivity index (χ3v) is 9.41. The van der Waals surface area contributed by atoms with E-state index in [1.807, 2.05) is 13.8 Å². The van der Waals surface area contributed by atoms with Crippen molar-refractivity contribution in [2.75, 3.05) is 18.8 Å². The Morgan fingerprint density at radius 3 is 2.19 bits per heavy atom. The number of nitrogens with zero attached hydrogens (tertiary/aromatic N) is 2. The number of aliphatic imine (C=N–C) groups is 1. The number of unbranched alkanes of at least 4 members (excludes halogenated alkanes) is 6. The van der Waals surface area contributed by atoms with Gasteiger partial charge in [-0.3, -0.25) is 9.79 Å². The van der Waals surface area contributed by atoms with Crippen molar-refractivity contribution in [2.24, 2.45) is 4.99 Å². The highest BCUT2D eigenvalue weighted by atomic mass is 32.2. The second-order valence-corrected chi connectivity index (χ2v) is 12.4. The normalized spacial score (nSPS) is 17.9. The number of sulfonamides is 1. The topological polar surface area (TPSA) is 116 Å². The zero-order valence-corrected chi connectivity index (χ0v) is 22.8. The van der Waals surface area contributed by atoms with Gasteiger partial charge in [0.25, 0.3) is 5.91 Å². The Balaban J connectivity index is 1.52. The van der Waals surface area contributed by atoms with Crippen molar-refractivity contribution in [3.8, 4) is 0 Å². The van der Waals surface area contributed by atoms with E-state index in [-0.39, 0.29) is 30.3 Å². The zero-order chi connectivity index (χ0) is 26.3. The SMILES string of the molecule is CCCCCCCCCC1=NC2(CCN(S(=O)(=O)CCc3c(C)cc(C(=O)O)cc3C)CC2)C(=O)N1. The molecule has 1 fully saturated rings. The van der Waals surface area contributed by atoms with E-state index < -0.39 is 21.5 Å². The molecule has 0 bridgehead atoms. The van der Waals surface area contributed by atoms with Crippen LogP contribution in [-0.2, 0) is 21.2 Å². The van der Waals surface area contributed by atoms with Gasteiger partial charge in [-0.2, -0.15) is 0 Å². The number of aromatic carboxylic acids is 1. The number of carboxylic acids is 1. The number of amidine groups is 1. The lowest BCUT2D eigenvalue weighted by Gasteiger charge is -2.34. The molecule has 0 unspecified atom stereocenters. The van der Waals surface area contributed by atoms with Gasteiger partial charge in [-0.1, -0.05) is 45.4 Å². The molecule has 1 saturated heterocycles. The van der Waals surface area contributed by atoms with Crippen molar-refractivity contribution >= 4 is 27.7 Å². The number of carbonyl (C=O) groups is 2. The fourth-order valence-electron chi connectivity index (χ4n) is 5.30. The lowest BCUT2D eigenvalue weighted by Crippen LogP contribution is -2.50. The molecular formula is C27H41N3O5S. The maximum atomic E-state index is 13.1. The summed E-state index contributed by atoms with van der Waals surface area (Å²) in [6.07, 6.45) is 10.3. The molecule has 1 aromatic carbocycles. The van der Waals surface area contributed by atoms with E-state index in [0.29, 0.717) is 19.3 Å². The molecule has 0 radical (unpaired) electrons. The number of carbonyl (C=O) groups excluding carboxylic acids is 1. The van der Waals surface area contributed by atoms with Crippen LogP contribution < -0.4 is 5.32 Å². The van der Waals surface area contributed by atoms with Crippen molar-refractivity contribution in [1.29, 1.82) is 0 Å². The highest BCUT2D eigenvalue weighted by molar-refractivity contribution is 7.89. The molecule has 200 valence electrons. The summed E-state index contributed by atoms with van der Waals surface area (Å²) in [7, 11) is -3.51. The summed E-state index contributed by atoms with van der Waals surface area (Å²) in [4.78, 5) is 28.8. The van der Waals surface area contributed by atoms with Crippen molar-refractivity contribution in [3.63, 3.8) is 0 Å². The number of carboxylic acid groups (broad SMARTS) is 1. The fourth-order valence-corrected chi connectivity index (χ4v) is 6.76. The molecule has 3 rings (SSSR count). The second-order valence-electron chi connectivity index (χ2n) is 10.3. The monoisotopic (exact) mass is 519 g/mol. The molecule has 36 heavy (non-hydrogen) atoms.